The van der Waals surface area contributed by atoms with Crippen molar-refractivity contribution in [2.75, 3.05) is 37.5 Å². The molecule has 0 saturated heterocycles. The second-order valence-electron chi connectivity index (χ2n) is 5.21. The molecule has 102 valence electrons. The van der Waals surface area contributed by atoms with Crippen LogP contribution in [0.2, 0.25) is 5.02 Å². The zero-order valence-corrected chi connectivity index (χ0v) is 12.4. The quantitative estimate of drug-likeness (QED) is 0.833. The molecule has 0 aliphatic carbocycles. The Labute approximate surface area is 115 Å². The highest BCUT2D eigenvalue weighted by atomic mass is 35.5. The first-order valence-electron chi connectivity index (χ1n) is 6.24. The van der Waals surface area contributed by atoms with Crippen LogP contribution in [0.4, 0.5) is 11.4 Å². The molecule has 3 nitrogen and oxygen atoms in total. The van der Waals surface area contributed by atoms with Gasteiger partial charge in [-0.25, -0.2) is 0 Å². The fourth-order valence-electron chi connectivity index (χ4n) is 1.71. The SMILES string of the molecule is CCC(C)(CO)CNc1cccc(Cl)c1N(C)C. The van der Waals surface area contributed by atoms with Crippen molar-refractivity contribution in [1.82, 2.24) is 0 Å². The Morgan fingerprint density at radius 1 is 1.39 bits per heavy atom. The van der Waals surface area contributed by atoms with E-state index in [1.807, 2.05) is 37.2 Å². The molecule has 0 amide bonds. The van der Waals surface area contributed by atoms with E-state index in [1.54, 1.807) is 0 Å². The average molecular weight is 271 g/mol. The minimum atomic E-state index is -0.105. The predicted molar refractivity (Wildman–Crippen MR) is 79.8 cm³/mol. The van der Waals surface area contributed by atoms with E-state index in [2.05, 4.69) is 19.2 Å². The number of rotatable bonds is 6. The third kappa shape index (κ3) is 3.53. The highest BCUT2D eigenvalue weighted by molar-refractivity contribution is 6.34. The Kier molecular flexibility index (Phi) is 5.29. The summed E-state index contributed by atoms with van der Waals surface area (Å²) in [7, 11) is 3.94. The molecule has 0 fully saturated rings. The summed E-state index contributed by atoms with van der Waals surface area (Å²) in [6, 6.07) is 5.82. The number of hydrogen-bond acceptors (Lipinski definition) is 3. The molecular formula is C14H23ClN2O. The van der Waals surface area contributed by atoms with Gasteiger partial charge in [-0.1, -0.05) is 31.5 Å². The Morgan fingerprint density at radius 2 is 2.06 bits per heavy atom. The number of anilines is 2. The van der Waals surface area contributed by atoms with Crippen LogP contribution < -0.4 is 10.2 Å². The van der Waals surface area contributed by atoms with Crippen molar-refractivity contribution in [2.45, 2.75) is 20.3 Å². The van der Waals surface area contributed by atoms with Gasteiger partial charge in [0.05, 0.1) is 23.0 Å². The molecule has 0 radical (unpaired) electrons. The second kappa shape index (κ2) is 6.30. The molecule has 1 rings (SSSR count). The average Bonchev–Trinajstić information content (AvgIpc) is 2.35. The fraction of sp³-hybridized carbons (Fsp3) is 0.571. The maximum Gasteiger partial charge on any atom is 0.0786 e. The van der Waals surface area contributed by atoms with Crippen molar-refractivity contribution in [3.63, 3.8) is 0 Å². The minimum absolute atomic E-state index is 0.105. The Morgan fingerprint density at radius 3 is 2.56 bits per heavy atom. The number of aliphatic hydroxyl groups is 1. The molecule has 0 spiro atoms. The summed E-state index contributed by atoms with van der Waals surface area (Å²) < 4.78 is 0. The van der Waals surface area contributed by atoms with Gasteiger partial charge in [0.25, 0.3) is 0 Å². The number of nitrogens with zero attached hydrogens (tertiary/aromatic N) is 1. The Balaban J connectivity index is 2.88. The first-order chi connectivity index (χ1) is 8.43. The summed E-state index contributed by atoms with van der Waals surface area (Å²) in [4.78, 5) is 1.99. The molecule has 4 heteroatoms. The molecule has 0 heterocycles. The number of aliphatic hydroxyl groups excluding tert-OH is 1. The molecule has 18 heavy (non-hydrogen) atoms. The van der Waals surface area contributed by atoms with E-state index in [0.717, 1.165) is 29.4 Å². The van der Waals surface area contributed by atoms with Gasteiger partial charge < -0.3 is 15.3 Å². The van der Waals surface area contributed by atoms with Gasteiger partial charge in [-0.2, -0.15) is 0 Å². The summed E-state index contributed by atoms with van der Waals surface area (Å²) in [5.41, 5.74) is 1.88. The first-order valence-corrected chi connectivity index (χ1v) is 6.62. The van der Waals surface area contributed by atoms with E-state index in [4.69, 9.17) is 11.6 Å². The summed E-state index contributed by atoms with van der Waals surface area (Å²) in [6.07, 6.45) is 0.925. The topological polar surface area (TPSA) is 35.5 Å². The van der Waals surface area contributed by atoms with Crippen LogP contribution in [0.3, 0.4) is 0 Å². The fourth-order valence-corrected chi connectivity index (χ4v) is 2.06. The number of para-hydroxylation sites is 1. The van der Waals surface area contributed by atoms with Gasteiger partial charge in [-0.15, -0.1) is 0 Å². The maximum absolute atomic E-state index is 9.42. The number of benzene rings is 1. The van der Waals surface area contributed by atoms with Crippen LogP contribution in [0.25, 0.3) is 0 Å². The highest BCUT2D eigenvalue weighted by Gasteiger charge is 2.21. The number of nitrogens with one attached hydrogen (secondary N) is 1. The molecule has 0 aromatic heterocycles. The van der Waals surface area contributed by atoms with Crippen LogP contribution in [0.1, 0.15) is 20.3 Å². The Hall–Kier alpha value is -0.930. The standard InChI is InChI=1S/C14H23ClN2O/c1-5-14(2,10-18)9-16-12-8-6-7-11(15)13(12)17(3)4/h6-8,16,18H,5,9-10H2,1-4H3. The van der Waals surface area contributed by atoms with Gasteiger partial charge in [0.1, 0.15) is 0 Å². The molecule has 1 aromatic rings. The third-order valence-corrected chi connectivity index (χ3v) is 3.68. The van der Waals surface area contributed by atoms with Crippen molar-refractivity contribution in [2.24, 2.45) is 5.41 Å². The van der Waals surface area contributed by atoms with E-state index in [-0.39, 0.29) is 12.0 Å². The molecule has 1 atom stereocenters. The van der Waals surface area contributed by atoms with Crippen LogP contribution in [0, 0.1) is 5.41 Å². The van der Waals surface area contributed by atoms with Gasteiger partial charge in [0, 0.05) is 26.1 Å². The Bertz CT molecular complexity index is 389. The van der Waals surface area contributed by atoms with E-state index >= 15 is 0 Å². The molecular weight excluding hydrogens is 248 g/mol. The molecule has 1 unspecified atom stereocenters. The molecule has 0 aliphatic heterocycles. The lowest BCUT2D eigenvalue weighted by atomic mass is 9.88. The van der Waals surface area contributed by atoms with Crippen molar-refractivity contribution < 1.29 is 5.11 Å². The van der Waals surface area contributed by atoms with Gasteiger partial charge in [-0.3, -0.25) is 0 Å². The zero-order valence-electron chi connectivity index (χ0n) is 11.6. The van der Waals surface area contributed by atoms with Crippen LogP contribution in [0.15, 0.2) is 18.2 Å². The predicted octanol–water partition coefficient (Wildman–Crippen LogP) is 3.23. The second-order valence-corrected chi connectivity index (χ2v) is 5.61. The largest absolute Gasteiger partial charge is 0.396 e. The van der Waals surface area contributed by atoms with Crippen LogP contribution >= 0.6 is 11.6 Å². The lowest BCUT2D eigenvalue weighted by Gasteiger charge is -2.28. The van der Waals surface area contributed by atoms with Crippen molar-refractivity contribution >= 4 is 23.0 Å². The summed E-state index contributed by atoms with van der Waals surface area (Å²) in [5.74, 6) is 0. The summed E-state index contributed by atoms with van der Waals surface area (Å²) >= 11 is 6.21. The zero-order chi connectivity index (χ0) is 13.8. The van der Waals surface area contributed by atoms with Crippen LogP contribution in [0.5, 0.6) is 0 Å². The summed E-state index contributed by atoms with van der Waals surface area (Å²) in [5, 5.41) is 13.5. The summed E-state index contributed by atoms with van der Waals surface area (Å²) in [6.45, 7) is 5.05. The first kappa shape index (κ1) is 15.1. The lowest BCUT2D eigenvalue weighted by Crippen LogP contribution is -2.30. The maximum atomic E-state index is 9.42. The van der Waals surface area contributed by atoms with E-state index in [9.17, 15) is 5.11 Å². The van der Waals surface area contributed by atoms with Crippen molar-refractivity contribution in [1.29, 1.82) is 0 Å². The van der Waals surface area contributed by atoms with Crippen molar-refractivity contribution in [3.8, 4) is 0 Å². The van der Waals surface area contributed by atoms with E-state index in [1.165, 1.54) is 0 Å². The highest BCUT2D eigenvalue weighted by Crippen LogP contribution is 2.33. The third-order valence-electron chi connectivity index (χ3n) is 3.37. The smallest absolute Gasteiger partial charge is 0.0786 e. The normalized spacial score (nSPS) is 14.1. The van der Waals surface area contributed by atoms with Gasteiger partial charge in [0.15, 0.2) is 0 Å². The number of hydrogen-bond donors (Lipinski definition) is 2. The van der Waals surface area contributed by atoms with Gasteiger partial charge >= 0.3 is 0 Å². The van der Waals surface area contributed by atoms with Gasteiger partial charge in [-0.05, 0) is 18.6 Å². The molecule has 2 N–H and O–H groups in total. The number of halogens is 1. The lowest BCUT2D eigenvalue weighted by molar-refractivity contribution is 0.149. The minimum Gasteiger partial charge on any atom is -0.396 e. The van der Waals surface area contributed by atoms with Gasteiger partial charge in [0.2, 0.25) is 0 Å². The monoisotopic (exact) mass is 270 g/mol. The molecule has 0 aliphatic rings. The molecule has 0 saturated carbocycles. The molecule has 1 aromatic carbocycles. The van der Waals surface area contributed by atoms with Crippen LogP contribution in [-0.4, -0.2) is 32.4 Å². The van der Waals surface area contributed by atoms with Crippen molar-refractivity contribution in [3.05, 3.63) is 23.2 Å². The van der Waals surface area contributed by atoms with E-state index in [0.29, 0.717) is 0 Å². The van der Waals surface area contributed by atoms with E-state index < -0.39 is 0 Å². The van der Waals surface area contributed by atoms with Crippen LogP contribution in [-0.2, 0) is 0 Å². The molecule has 0 bridgehead atoms.